The van der Waals surface area contributed by atoms with E-state index in [1.54, 1.807) is 24.3 Å². The van der Waals surface area contributed by atoms with Crippen molar-refractivity contribution in [2.24, 2.45) is 5.73 Å². The first-order valence-electron chi connectivity index (χ1n) is 5.68. The van der Waals surface area contributed by atoms with Crippen LogP contribution in [0.25, 0.3) is 0 Å². The van der Waals surface area contributed by atoms with Gasteiger partial charge in [0.25, 0.3) is 0 Å². The molecule has 4 N–H and O–H groups in total. The van der Waals surface area contributed by atoms with Crippen LogP contribution in [0.3, 0.4) is 0 Å². The van der Waals surface area contributed by atoms with Crippen LogP contribution < -0.4 is 15.8 Å². The number of carboxylic acid groups (broad SMARTS) is 1. The van der Waals surface area contributed by atoms with E-state index in [-0.39, 0.29) is 0 Å². The summed E-state index contributed by atoms with van der Waals surface area (Å²) in [6.07, 6.45) is -0.763. The number of nitrogens with one attached hydrogen (secondary N) is 1. The summed E-state index contributed by atoms with van der Waals surface area (Å²) < 4.78 is 9.91. The Hall–Kier alpha value is -2.28. The number of benzene rings is 1. The second-order valence-corrected chi connectivity index (χ2v) is 3.63. The monoisotopic (exact) mass is 268 g/mol. The molecule has 1 amide bonds. The second kappa shape index (κ2) is 7.22. The van der Waals surface area contributed by atoms with Crippen LogP contribution in [-0.2, 0) is 9.53 Å². The standard InChI is InChI=1S/C12H16N2O5/c1-2-18-9-5-3-8(4-6-9)14-12(17)19-7-10(13)11(15)16/h3-6,10H,2,7,13H2,1H3,(H,14,17)(H,15,16). The van der Waals surface area contributed by atoms with Gasteiger partial charge in [0.15, 0.2) is 0 Å². The molecule has 1 unspecified atom stereocenters. The van der Waals surface area contributed by atoms with E-state index in [0.29, 0.717) is 18.0 Å². The van der Waals surface area contributed by atoms with Crippen molar-refractivity contribution in [1.82, 2.24) is 0 Å². The van der Waals surface area contributed by atoms with Crippen molar-refractivity contribution >= 4 is 17.7 Å². The number of aliphatic carboxylic acids is 1. The lowest BCUT2D eigenvalue weighted by Gasteiger charge is -2.09. The fraction of sp³-hybridized carbons (Fsp3) is 0.333. The summed E-state index contributed by atoms with van der Waals surface area (Å²) in [4.78, 5) is 21.8. The molecule has 104 valence electrons. The SMILES string of the molecule is CCOc1ccc(NC(=O)OCC(N)C(=O)O)cc1. The maximum atomic E-state index is 11.3. The van der Waals surface area contributed by atoms with Gasteiger partial charge in [0.05, 0.1) is 6.61 Å². The first kappa shape index (κ1) is 14.8. The molecule has 0 bridgehead atoms. The van der Waals surface area contributed by atoms with E-state index in [9.17, 15) is 9.59 Å². The zero-order valence-corrected chi connectivity index (χ0v) is 10.5. The van der Waals surface area contributed by atoms with Crippen molar-refractivity contribution < 1.29 is 24.2 Å². The number of amides is 1. The molecule has 0 spiro atoms. The average Bonchev–Trinajstić information content (AvgIpc) is 2.38. The van der Waals surface area contributed by atoms with Crippen LogP contribution in [0.5, 0.6) is 5.75 Å². The molecule has 0 heterocycles. The van der Waals surface area contributed by atoms with Crippen LogP contribution in [0, 0.1) is 0 Å². The zero-order chi connectivity index (χ0) is 14.3. The maximum absolute atomic E-state index is 11.3. The third-order valence-electron chi connectivity index (χ3n) is 2.12. The minimum Gasteiger partial charge on any atom is -0.494 e. The summed E-state index contributed by atoms with van der Waals surface area (Å²) in [6, 6.07) is 5.45. The van der Waals surface area contributed by atoms with Crippen molar-refractivity contribution in [2.75, 3.05) is 18.5 Å². The van der Waals surface area contributed by atoms with Crippen molar-refractivity contribution in [3.05, 3.63) is 24.3 Å². The minimum absolute atomic E-state index is 0.391. The fourth-order valence-corrected chi connectivity index (χ4v) is 1.19. The van der Waals surface area contributed by atoms with Gasteiger partial charge in [-0.1, -0.05) is 0 Å². The van der Waals surface area contributed by atoms with Gasteiger partial charge in [-0.05, 0) is 31.2 Å². The normalized spacial score (nSPS) is 11.5. The molecular formula is C12H16N2O5. The van der Waals surface area contributed by atoms with Crippen molar-refractivity contribution in [2.45, 2.75) is 13.0 Å². The van der Waals surface area contributed by atoms with Gasteiger partial charge in [0.1, 0.15) is 18.4 Å². The molecule has 1 atom stereocenters. The summed E-state index contributed by atoms with van der Waals surface area (Å²) in [5.41, 5.74) is 5.70. The van der Waals surface area contributed by atoms with E-state index >= 15 is 0 Å². The molecule has 0 aromatic heterocycles. The van der Waals surface area contributed by atoms with Crippen LogP contribution in [-0.4, -0.2) is 36.4 Å². The molecule has 0 saturated heterocycles. The lowest BCUT2D eigenvalue weighted by molar-refractivity contribution is -0.139. The molecule has 7 nitrogen and oxygen atoms in total. The summed E-state index contributed by atoms with van der Waals surface area (Å²) in [5, 5.41) is 11.0. The summed E-state index contributed by atoms with van der Waals surface area (Å²) in [6.45, 7) is 2.04. The smallest absolute Gasteiger partial charge is 0.411 e. The predicted octanol–water partition coefficient (Wildman–Crippen LogP) is 1.05. The van der Waals surface area contributed by atoms with Gasteiger partial charge < -0.3 is 20.3 Å². The first-order chi connectivity index (χ1) is 9.02. The Morgan fingerprint density at radius 1 is 1.37 bits per heavy atom. The summed E-state index contributed by atoms with van der Waals surface area (Å²) in [5.74, 6) is -0.539. The molecule has 0 radical (unpaired) electrons. The number of carboxylic acids is 1. The van der Waals surface area contributed by atoms with Gasteiger partial charge in [0.2, 0.25) is 0 Å². The number of ether oxygens (including phenoxy) is 2. The second-order valence-electron chi connectivity index (χ2n) is 3.63. The molecular weight excluding hydrogens is 252 g/mol. The van der Waals surface area contributed by atoms with E-state index in [0.717, 1.165) is 0 Å². The Morgan fingerprint density at radius 2 is 2.00 bits per heavy atom. The molecule has 0 aliphatic carbocycles. The molecule has 0 aliphatic heterocycles. The highest BCUT2D eigenvalue weighted by Crippen LogP contribution is 2.15. The summed E-state index contributed by atoms with van der Waals surface area (Å²) in [7, 11) is 0. The number of hydrogen-bond donors (Lipinski definition) is 3. The largest absolute Gasteiger partial charge is 0.494 e. The number of carbonyl (C=O) groups is 2. The number of anilines is 1. The van der Waals surface area contributed by atoms with Crippen LogP contribution >= 0.6 is 0 Å². The van der Waals surface area contributed by atoms with Gasteiger partial charge in [0, 0.05) is 5.69 Å². The molecule has 1 rings (SSSR count). The topological polar surface area (TPSA) is 111 Å². The summed E-state index contributed by atoms with van der Waals surface area (Å²) >= 11 is 0. The Balaban J connectivity index is 2.41. The van der Waals surface area contributed by atoms with Gasteiger partial charge >= 0.3 is 12.1 Å². The van der Waals surface area contributed by atoms with E-state index in [1.807, 2.05) is 6.92 Å². The molecule has 1 aromatic rings. The highest BCUT2D eigenvalue weighted by atomic mass is 16.5. The van der Waals surface area contributed by atoms with Crippen molar-refractivity contribution in [1.29, 1.82) is 0 Å². The van der Waals surface area contributed by atoms with Gasteiger partial charge in [-0.25, -0.2) is 4.79 Å². The average molecular weight is 268 g/mol. The van der Waals surface area contributed by atoms with Gasteiger partial charge in [-0.3, -0.25) is 10.1 Å². The van der Waals surface area contributed by atoms with Crippen molar-refractivity contribution in [3.63, 3.8) is 0 Å². The Bertz CT molecular complexity index is 432. The number of carbonyl (C=O) groups excluding carboxylic acids is 1. The molecule has 0 saturated carbocycles. The Labute approximate surface area is 110 Å². The highest BCUT2D eigenvalue weighted by Gasteiger charge is 2.14. The van der Waals surface area contributed by atoms with Crippen LogP contribution in [0.2, 0.25) is 0 Å². The lowest BCUT2D eigenvalue weighted by atomic mass is 10.3. The molecule has 19 heavy (non-hydrogen) atoms. The first-order valence-corrected chi connectivity index (χ1v) is 5.68. The van der Waals surface area contributed by atoms with Crippen LogP contribution in [0.1, 0.15) is 6.92 Å². The Kier molecular flexibility index (Phi) is 5.62. The molecule has 0 aliphatic rings. The number of nitrogens with two attached hydrogens (primary N) is 1. The third kappa shape index (κ3) is 5.26. The van der Waals surface area contributed by atoms with Crippen LogP contribution in [0.15, 0.2) is 24.3 Å². The molecule has 7 heteroatoms. The maximum Gasteiger partial charge on any atom is 0.411 e. The van der Waals surface area contributed by atoms with Crippen LogP contribution in [0.4, 0.5) is 10.5 Å². The van der Waals surface area contributed by atoms with E-state index < -0.39 is 24.7 Å². The molecule has 1 aromatic carbocycles. The van der Waals surface area contributed by atoms with Crippen molar-refractivity contribution in [3.8, 4) is 5.75 Å². The predicted molar refractivity (Wildman–Crippen MR) is 68.2 cm³/mol. The van der Waals surface area contributed by atoms with Gasteiger partial charge in [-0.2, -0.15) is 0 Å². The van der Waals surface area contributed by atoms with E-state index in [2.05, 4.69) is 10.1 Å². The van der Waals surface area contributed by atoms with Gasteiger partial charge in [-0.15, -0.1) is 0 Å². The highest BCUT2D eigenvalue weighted by molar-refractivity contribution is 5.85. The zero-order valence-electron chi connectivity index (χ0n) is 10.5. The number of rotatable bonds is 6. The Morgan fingerprint density at radius 3 is 2.53 bits per heavy atom. The molecule has 0 fully saturated rings. The lowest BCUT2D eigenvalue weighted by Crippen LogP contribution is -2.36. The van der Waals surface area contributed by atoms with E-state index in [1.165, 1.54) is 0 Å². The number of hydrogen-bond acceptors (Lipinski definition) is 5. The van der Waals surface area contributed by atoms with E-state index in [4.69, 9.17) is 15.6 Å². The quantitative estimate of drug-likeness (QED) is 0.711. The fourth-order valence-electron chi connectivity index (χ4n) is 1.19. The third-order valence-corrected chi connectivity index (χ3v) is 2.12. The minimum atomic E-state index is -1.23.